The summed E-state index contributed by atoms with van der Waals surface area (Å²) in [6, 6.07) is 12.0. The van der Waals surface area contributed by atoms with Crippen molar-refractivity contribution in [1.29, 1.82) is 0 Å². The van der Waals surface area contributed by atoms with Gasteiger partial charge in [0, 0.05) is 30.0 Å². The Bertz CT molecular complexity index is 935. The van der Waals surface area contributed by atoms with E-state index in [4.69, 9.17) is 0 Å². The fourth-order valence-corrected chi connectivity index (χ4v) is 3.93. The van der Waals surface area contributed by atoms with Crippen molar-refractivity contribution in [3.63, 3.8) is 0 Å². The van der Waals surface area contributed by atoms with Gasteiger partial charge in [-0.05, 0) is 42.7 Å². The molecule has 0 bridgehead atoms. The minimum absolute atomic E-state index is 0.0119. The number of amides is 1. The van der Waals surface area contributed by atoms with E-state index in [9.17, 15) is 18.4 Å². The van der Waals surface area contributed by atoms with Crippen LogP contribution in [0.3, 0.4) is 0 Å². The van der Waals surface area contributed by atoms with E-state index in [1.54, 1.807) is 24.3 Å². The Balaban J connectivity index is 1.89. The highest BCUT2D eigenvalue weighted by atomic mass is 19.1. The van der Waals surface area contributed by atoms with Crippen molar-refractivity contribution in [3.05, 3.63) is 77.0 Å². The van der Waals surface area contributed by atoms with Crippen molar-refractivity contribution in [2.75, 3.05) is 4.90 Å². The number of anilines is 1. The van der Waals surface area contributed by atoms with Gasteiger partial charge in [-0.25, -0.2) is 8.78 Å². The predicted octanol–water partition coefficient (Wildman–Crippen LogP) is 4.49. The minimum Gasteiger partial charge on any atom is -0.294 e. The van der Waals surface area contributed by atoms with Crippen LogP contribution in [0.15, 0.2) is 59.8 Å². The van der Waals surface area contributed by atoms with E-state index in [2.05, 4.69) is 0 Å². The Morgan fingerprint density at radius 3 is 2.54 bits per heavy atom. The maximum absolute atomic E-state index is 14.4. The molecule has 2 aromatic carbocycles. The quantitative estimate of drug-likeness (QED) is 0.798. The molecular weight excluding hydrogens is 336 g/mol. The lowest BCUT2D eigenvalue weighted by Gasteiger charge is -2.38. The van der Waals surface area contributed by atoms with Gasteiger partial charge >= 0.3 is 0 Å². The van der Waals surface area contributed by atoms with Crippen molar-refractivity contribution in [3.8, 4) is 0 Å². The van der Waals surface area contributed by atoms with Crippen LogP contribution in [0.1, 0.15) is 37.2 Å². The number of nitrogens with zero attached hydrogens (tertiary/aromatic N) is 1. The van der Waals surface area contributed by atoms with Crippen LogP contribution in [0.5, 0.6) is 0 Å². The summed E-state index contributed by atoms with van der Waals surface area (Å²) in [4.78, 5) is 27.0. The summed E-state index contributed by atoms with van der Waals surface area (Å²) >= 11 is 0. The molecule has 0 saturated heterocycles. The molecule has 132 valence electrons. The molecular formula is C21H17F2NO2. The van der Waals surface area contributed by atoms with Gasteiger partial charge in [0.05, 0.1) is 5.69 Å². The number of carbonyl (C=O) groups is 2. The standard InChI is InChI=1S/C21H17F2NO2/c22-13-5-3-6-14(11-13)24-18-9-4-10-19(25)21(18)16(12-20(24)26)15-7-1-2-8-17(15)23/h1-3,5-8,11,16H,4,9-10,12H2. The van der Waals surface area contributed by atoms with Crippen LogP contribution in [0.25, 0.3) is 0 Å². The van der Waals surface area contributed by atoms with Gasteiger partial charge in [-0.15, -0.1) is 0 Å². The van der Waals surface area contributed by atoms with E-state index in [0.717, 1.165) is 0 Å². The molecule has 1 heterocycles. The van der Waals surface area contributed by atoms with Crippen LogP contribution in [0, 0.1) is 11.6 Å². The molecule has 1 aliphatic carbocycles. The Morgan fingerprint density at radius 1 is 0.962 bits per heavy atom. The molecule has 0 radical (unpaired) electrons. The van der Waals surface area contributed by atoms with E-state index in [1.165, 1.54) is 29.2 Å². The Kier molecular flexibility index (Phi) is 4.15. The zero-order valence-corrected chi connectivity index (χ0v) is 14.0. The highest BCUT2D eigenvalue weighted by molar-refractivity contribution is 6.07. The molecule has 0 fully saturated rings. The third-order valence-electron chi connectivity index (χ3n) is 5.02. The largest absolute Gasteiger partial charge is 0.294 e. The van der Waals surface area contributed by atoms with Crippen LogP contribution in [-0.2, 0) is 9.59 Å². The molecule has 0 saturated carbocycles. The molecule has 0 aromatic heterocycles. The van der Waals surface area contributed by atoms with Crippen molar-refractivity contribution in [2.24, 2.45) is 0 Å². The average molecular weight is 353 g/mol. The second-order valence-electron chi connectivity index (χ2n) is 6.62. The second-order valence-corrected chi connectivity index (χ2v) is 6.62. The number of hydrogen-bond acceptors (Lipinski definition) is 2. The van der Waals surface area contributed by atoms with Crippen LogP contribution >= 0.6 is 0 Å². The maximum atomic E-state index is 14.4. The molecule has 4 rings (SSSR count). The van der Waals surface area contributed by atoms with Crippen LogP contribution < -0.4 is 4.90 Å². The smallest absolute Gasteiger partial charge is 0.232 e. The average Bonchev–Trinajstić information content (AvgIpc) is 2.61. The molecule has 2 aliphatic rings. The zero-order valence-electron chi connectivity index (χ0n) is 14.0. The summed E-state index contributed by atoms with van der Waals surface area (Å²) in [5.74, 6) is -1.77. The monoisotopic (exact) mass is 353 g/mol. The molecule has 1 amide bonds. The van der Waals surface area contributed by atoms with Crippen molar-refractivity contribution >= 4 is 17.4 Å². The van der Waals surface area contributed by atoms with Gasteiger partial charge in [-0.3, -0.25) is 14.5 Å². The minimum atomic E-state index is -0.587. The van der Waals surface area contributed by atoms with E-state index in [1.807, 2.05) is 0 Å². The molecule has 1 atom stereocenters. The van der Waals surface area contributed by atoms with Crippen LogP contribution in [0.2, 0.25) is 0 Å². The molecule has 26 heavy (non-hydrogen) atoms. The number of Topliss-reactive ketones (excluding diaryl/α,β-unsaturated/α-hetero) is 1. The first-order valence-corrected chi connectivity index (χ1v) is 8.65. The van der Waals surface area contributed by atoms with Crippen molar-refractivity contribution < 1.29 is 18.4 Å². The molecule has 1 aliphatic heterocycles. The first-order valence-electron chi connectivity index (χ1n) is 8.65. The maximum Gasteiger partial charge on any atom is 0.232 e. The normalized spacial score (nSPS) is 20.4. The SMILES string of the molecule is O=C1CCCC2=C1C(c1ccccc1F)CC(=O)N2c1cccc(F)c1. The topological polar surface area (TPSA) is 37.4 Å². The Hall–Kier alpha value is -2.82. The van der Waals surface area contributed by atoms with Crippen LogP contribution in [0.4, 0.5) is 14.5 Å². The highest BCUT2D eigenvalue weighted by Crippen LogP contribution is 2.43. The number of allylic oxidation sites excluding steroid dienone is 2. The summed E-state index contributed by atoms with van der Waals surface area (Å²) in [6.45, 7) is 0. The molecule has 5 heteroatoms. The van der Waals surface area contributed by atoms with E-state index in [-0.39, 0.29) is 18.1 Å². The predicted molar refractivity (Wildman–Crippen MR) is 93.5 cm³/mol. The number of benzene rings is 2. The number of hydrogen-bond donors (Lipinski definition) is 0. The van der Waals surface area contributed by atoms with Crippen molar-refractivity contribution in [2.45, 2.75) is 31.6 Å². The third kappa shape index (κ3) is 2.73. The Morgan fingerprint density at radius 2 is 1.77 bits per heavy atom. The number of rotatable bonds is 2. The lowest BCUT2D eigenvalue weighted by molar-refractivity contribution is -0.119. The second kappa shape index (κ2) is 6.48. The van der Waals surface area contributed by atoms with Gasteiger partial charge in [0.25, 0.3) is 0 Å². The van der Waals surface area contributed by atoms with E-state index >= 15 is 0 Å². The highest BCUT2D eigenvalue weighted by Gasteiger charge is 2.40. The molecule has 0 N–H and O–H groups in total. The fraction of sp³-hybridized carbons (Fsp3) is 0.238. The molecule has 2 aromatic rings. The molecule has 3 nitrogen and oxygen atoms in total. The summed E-state index contributed by atoms with van der Waals surface area (Å²) < 4.78 is 28.0. The summed E-state index contributed by atoms with van der Waals surface area (Å²) in [5, 5.41) is 0. The zero-order chi connectivity index (χ0) is 18.3. The van der Waals surface area contributed by atoms with E-state index < -0.39 is 17.6 Å². The summed E-state index contributed by atoms with van der Waals surface area (Å²) in [7, 11) is 0. The van der Waals surface area contributed by atoms with Gasteiger partial charge in [0.1, 0.15) is 11.6 Å². The van der Waals surface area contributed by atoms with Gasteiger partial charge in [-0.1, -0.05) is 24.3 Å². The van der Waals surface area contributed by atoms with Crippen molar-refractivity contribution in [1.82, 2.24) is 0 Å². The molecule has 1 unspecified atom stereocenters. The number of halogens is 2. The van der Waals surface area contributed by atoms with Gasteiger partial charge < -0.3 is 0 Å². The third-order valence-corrected chi connectivity index (χ3v) is 5.02. The lowest BCUT2D eigenvalue weighted by atomic mass is 9.77. The molecule has 0 spiro atoms. The first kappa shape index (κ1) is 16.6. The Labute approximate surface area is 149 Å². The summed E-state index contributed by atoms with van der Waals surface area (Å²) in [5.41, 5.74) is 1.84. The first-order chi connectivity index (χ1) is 12.6. The van der Waals surface area contributed by atoms with E-state index in [0.29, 0.717) is 41.8 Å². The number of carbonyl (C=O) groups excluding carboxylic acids is 2. The lowest BCUT2D eigenvalue weighted by Crippen LogP contribution is -2.40. The number of ketones is 1. The van der Waals surface area contributed by atoms with Gasteiger partial charge in [-0.2, -0.15) is 0 Å². The van der Waals surface area contributed by atoms with Gasteiger partial charge in [0.15, 0.2) is 5.78 Å². The van der Waals surface area contributed by atoms with Gasteiger partial charge in [0.2, 0.25) is 5.91 Å². The summed E-state index contributed by atoms with van der Waals surface area (Å²) in [6.07, 6.45) is 1.53. The van der Waals surface area contributed by atoms with Crippen LogP contribution in [-0.4, -0.2) is 11.7 Å². The fourth-order valence-electron chi connectivity index (χ4n) is 3.93.